The summed E-state index contributed by atoms with van der Waals surface area (Å²) >= 11 is 0. The van der Waals surface area contributed by atoms with Crippen LogP contribution in [-0.2, 0) is 0 Å². The Morgan fingerprint density at radius 3 is 2.40 bits per heavy atom. The second kappa shape index (κ2) is 6.71. The molecule has 0 amide bonds. The van der Waals surface area contributed by atoms with Gasteiger partial charge in [-0.15, -0.1) is 0 Å². The van der Waals surface area contributed by atoms with Crippen molar-refractivity contribution in [1.82, 2.24) is 9.97 Å². The van der Waals surface area contributed by atoms with Crippen molar-refractivity contribution in [3.05, 3.63) is 46.9 Å². The molecule has 4 heteroatoms. The summed E-state index contributed by atoms with van der Waals surface area (Å²) in [6, 6.07) is 4.26. The van der Waals surface area contributed by atoms with E-state index in [0.717, 1.165) is 56.7 Å². The second-order valence-electron chi connectivity index (χ2n) is 6.59. The summed E-state index contributed by atoms with van der Waals surface area (Å²) in [5.74, 6) is 0.717. The number of ether oxygens (including phenoxy) is 1. The van der Waals surface area contributed by atoms with Gasteiger partial charge in [0.25, 0.3) is 0 Å². The normalized spacial score (nSPS) is 11.1. The van der Waals surface area contributed by atoms with Gasteiger partial charge in [0.1, 0.15) is 0 Å². The molecule has 3 aromatic rings. The zero-order valence-corrected chi connectivity index (χ0v) is 15.6. The van der Waals surface area contributed by atoms with Crippen molar-refractivity contribution in [1.29, 1.82) is 0 Å². The molecular formula is C21H25N3O. The van der Waals surface area contributed by atoms with Crippen LogP contribution in [-0.4, -0.2) is 16.6 Å². The molecular weight excluding hydrogens is 310 g/mol. The minimum atomic E-state index is 0.681. The van der Waals surface area contributed by atoms with Gasteiger partial charge in [0.2, 0.25) is 5.88 Å². The third-order valence-corrected chi connectivity index (χ3v) is 4.80. The smallest absolute Gasteiger partial charge is 0.216 e. The van der Waals surface area contributed by atoms with E-state index < -0.39 is 0 Å². The van der Waals surface area contributed by atoms with Crippen LogP contribution < -0.4 is 10.5 Å². The van der Waals surface area contributed by atoms with Crippen molar-refractivity contribution >= 4 is 16.5 Å². The molecule has 0 spiro atoms. The molecule has 0 bridgehead atoms. The number of anilines is 1. The second-order valence-corrected chi connectivity index (χ2v) is 6.59. The van der Waals surface area contributed by atoms with Crippen LogP contribution in [0, 0.1) is 27.7 Å². The third kappa shape index (κ3) is 3.04. The van der Waals surface area contributed by atoms with Crippen molar-refractivity contribution in [3.8, 4) is 17.0 Å². The number of nitrogens with zero attached hydrogens (tertiary/aromatic N) is 2. The Hall–Kier alpha value is -2.62. The van der Waals surface area contributed by atoms with Crippen LogP contribution >= 0.6 is 0 Å². The molecule has 0 aliphatic rings. The highest BCUT2D eigenvalue weighted by atomic mass is 16.5. The van der Waals surface area contributed by atoms with E-state index in [4.69, 9.17) is 10.5 Å². The van der Waals surface area contributed by atoms with Gasteiger partial charge in [-0.05, 0) is 68.3 Å². The van der Waals surface area contributed by atoms with Crippen LogP contribution in [0.15, 0.2) is 24.5 Å². The number of rotatable bonds is 4. The summed E-state index contributed by atoms with van der Waals surface area (Å²) in [7, 11) is 0. The molecule has 2 heterocycles. The van der Waals surface area contributed by atoms with E-state index in [0.29, 0.717) is 6.61 Å². The summed E-state index contributed by atoms with van der Waals surface area (Å²) in [6.45, 7) is 11.0. The average Bonchev–Trinajstić information content (AvgIpc) is 2.59. The highest BCUT2D eigenvalue weighted by molar-refractivity contribution is 5.99. The van der Waals surface area contributed by atoms with Gasteiger partial charge in [0.15, 0.2) is 0 Å². The molecule has 0 fully saturated rings. The highest BCUT2D eigenvalue weighted by Crippen LogP contribution is 2.37. The minimum absolute atomic E-state index is 0.681. The first-order valence-corrected chi connectivity index (χ1v) is 8.68. The van der Waals surface area contributed by atoms with E-state index in [2.05, 4.69) is 49.8 Å². The average molecular weight is 335 g/mol. The third-order valence-electron chi connectivity index (χ3n) is 4.80. The predicted octanol–water partition coefficient (Wildman–Crippen LogP) is 4.90. The molecule has 0 aliphatic heterocycles. The summed E-state index contributed by atoms with van der Waals surface area (Å²) in [4.78, 5) is 8.92. The van der Waals surface area contributed by atoms with E-state index in [1.54, 1.807) is 0 Å². The SMILES string of the molecule is CCCOc1ncc(-c2cc3cc(C)ncc3c(N)c2C)c(C)c1C. The molecule has 1 aromatic carbocycles. The Morgan fingerprint density at radius 1 is 0.920 bits per heavy atom. The lowest BCUT2D eigenvalue weighted by molar-refractivity contribution is 0.303. The Morgan fingerprint density at radius 2 is 1.68 bits per heavy atom. The molecule has 0 radical (unpaired) electrons. The number of nitrogen functional groups attached to an aromatic ring is 1. The fourth-order valence-corrected chi connectivity index (χ4v) is 3.11. The van der Waals surface area contributed by atoms with Gasteiger partial charge in [-0.3, -0.25) is 4.98 Å². The largest absolute Gasteiger partial charge is 0.477 e. The van der Waals surface area contributed by atoms with Crippen LogP contribution in [0.3, 0.4) is 0 Å². The lowest BCUT2D eigenvalue weighted by Crippen LogP contribution is -2.03. The zero-order valence-electron chi connectivity index (χ0n) is 15.6. The topological polar surface area (TPSA) is 61.0 Å². The number of hydrogen-bond donors (Lipinski definition) is 1. The molecule has 4 nitrogen and oxygen atoms in total. The fourth-order valence-electron chi connectivity index (χ4n) is 3.11. The first-order valence-electron chi connectivity index (χ1n) is 8.68. The van der Waals surface area contributed by atoms with E-state index in [9.17, 15) is 0 Å². The van der Waals surface area contributed by atoms with Crippen molar-refractivity contribution in [2.24, 2.45) is 0 Å². The molecule has 0 saturated carbocycles. The Bertz CT molecular complexity index is 948. The van der Waals surface area contributed by atoms with Crippen molar-refractivity contribution < 1.29 is 4.74 Å². The molecule has 0 atom stereocenters. The van der Waals surface area contributed by atoms with Crippen LogP contribution in [0.5, 0.6) is 5.88 Å². The summed E-state index contributed by atoms with van der Waals surface area (Å²) in [5, 5.41) is 2.10. The molecule has 130 valence electrons. The maximum Gasteiger partial charge on any atom is 0.216 e. The monoisotopic (exact) mass is 335 g/mol. The predicted molar refractivity (Wildman–Crippen MR) is 104 cm³/mol. The van der Waals surface area contributed by atoms with E-state index in [-0.39, 0.29) is 0 Å². The Balaban J connectivity index is 2.19. The lowest BCUT2D eigenvalue weighted by Gasteiger charge is -2.17. The summed E-state index contributed by atoms with van der Waals surface area (Å²) < 4.78 is 5.75. The fraction of sp³-hybridized carbons (Fsp3) is 0.333. The van der Waals surface area contributed by atoms with Gasteiger partial charge in [-0.25, -0.2) is 4.98 Å². The summed E-state index contributed by atoms with van der Waals surface area (Å²) in [5.41, 5.74) is 13.7. The number of benzene rings is 1. The molecule has 25 heavy (non-hydrogen) atoms. The molecule has 0 unspecified atom stereocenters. The first kappa shape index (κ1) is 17.2. The van der Waals surface area contributed by atoms with Crippen LogP contribution in [0.1, 0.15) is 35.7 Å². The number of nitrogens with two attached hydrogens (primary N) is 1. The molecule has 0 saturated heterocycles. The zero-order chi connectivity index (χ0) is 18.1. The molecule has 2 aromatic heterocycles. The van der Waals surface area contributed by atoms with E-state index >= 15 is 0 Å². The Kier molecular flexibility index (Phi) is 4.62. The molecule has 3 rings (SSSR count). The lowest BCUT2D eigenvalue weighted by atomic mass is 9.92. The standard InChI is InChI=1S/C21H25N3O/c1-6-7-25-21-14(4)13(3)18(10-24-21)17-9-16-8-12(2)23-11-19(16)20(22)15(17)5/h8-11H,6-7,22H2,1-5H3. The minimum Gasteiger partial charge on any atom is -0.477 e. The van der Waals surface area contributed by atoms with Crippen LogP contribution in [0.4, 0.5) is 5.69 Å². The van der Waals surface area contributed by atoms with Crippen LogP contribution in [0.25, 0.3) is 21.9 Å². The van der Waals surface area contributed by atoms with Gasteiger partial charge in [-0.2, -0.15) is 0 Å². The highest BCUT2D eigenvalue weighted by Gasteiger charge is 2.15. The molecule has 2 N–H and O–H groups in total. The van der Waals surface area contributed by atoms with Gasteiger partial charge in [0, 0.05) is 40.3 Å². The van der Waals surface area contributed by atoms with Gasteiger partial charge < -0.3 is 10.5 Å². The van der Waals surface area contributed by atoms with Crippen molar-refractivity contribution in [2.45, 2.75) is 41.0 Å². The van der Waals surface area contributed by atoms with Crippen LogP contribution in [0.2, 0.25) is 0 Å². The number of aromatic nitrogens is 2. The Labute approximate surface area is 149 Å². The van der Waals surface area contributed by atoms with E-state index in [1.807, 2.05) is 19.3 Å². The maximum atomic E-state index is 6.41. The number of fused-ring (bicyclic) bond motifs is 1. The molecule has 0 aliphatic carbocycles. The van der Waals surface area contributed by atoms with Gasteiger partial charge >= 0.3 is 0 Å². The number of pyridine rings is 2. The number of hydrogen-bond acceptors (Lipinski definition) is 4. The quantitative estimate of drug-likeness (QED) is 0.689. The van der Waals surface area contributed by atoms with Crippen molar-refractivity contribution in [3.63, 3.8) is 0 Å². The van der Waals surface area contributed by atoms with Gasteiger partial charge in [0.05, 0.1) is 6.61 Å². The van der Waals surface area contributed by atoms with Gasteiger partial charge in [-0.1, -0.05) is 6.92 Å². The van der Waals surface area contributed by atoms with E-state index in [1.165, 1.54) is 5.56 Å². The maximum absolute atomic E-state index is 6.41. The first-order chi connectivity index (χ1) is 11.9. The van der Waals surface area contributed by atoms with Crippen molar-refractivity contribution in [2.75, 3.05) is 12.3 Å². The summed E-state index contributed by atoms with van der Waals surface area (Å²) in [6.07, 6.45) is 4.72. The number of aryl methyl sites for hydroxylation is 1.